The molecule has 0 aromatic heterocycles. The van der Waals surface area contributed by atoms with Crippen LogP contribution in [0.25, 0.3) is 0 Å². The summed E-state index contributed by atoms with van der Waals surface area (Å²) in [7, 11) is 1.74. The molecule has 1 aromatic rings. The Bertz CT molecular complexity index is 444. The van der Waals surface area contributed by atoms with Gasteiger partial charge in [-0.15, -0.1) is 0 Å². The Morgan fingerprint density at radius 1 is 1.29 bits per heavy atom. The first-order valence-electron chi connectivity index (χ1n) is 5.11. The van der Waals surface area contributed by atoms with Gasteiger partial charge < -0.3 is 4.90 Å². The Labute approximate surface area is 98.3 Å². The van der Waals surface area contributed by atoms with E-state index in [0.717, 1.165) is 12.1 Å². The topological polar surface area (TPSA) is 27.0 Å². The van der Waals surface area contributed by atoms with E-state index in [0.29, 0.717) is 5.69 Å². The van der Waals surface area contributed by atoms with Crippen LogP contribution in [0.15, 0.2) is 18.2 Å². The van der Waals surface area contributed by atoms with Gasteiger partial charge in [-0.2, -0.15) is 18.4 Å². The largest absolute Gasteiger partial charge is 0.416 e. The number of anilines is 1. The minimum Gasteiger partial charge on any atom is -0.371 e. The second-order valence-electron chi connectivity index (χ2n) is 4.05. The van der Waals surface area contributed by atoms with Crippen molar-refractivity contribution in [2.75, 3.05) is 11.9 Å². The van der Waals surface area contributed by atoms with Crippen molar-refractivity contribution in [1.82, 2.24) is 0 Å². The highest BCUT2D eigenvalue weighted by Gasteiger charge is 2.31. The predicted molar refractivity (Wildman–Crippen MR) is 59.7 cm³/mol. The molecule has 0 N–H and O–H groups in total. The summed E-state index contributed by atoms with van der Waals surface area (Å²) in [5, 5.41) is 8.90. The number of halogens is 3. The fraction of sp³-hybridized carbons (Fsp3) is 0.417. The zero-order valence-corrected chi connectivity index (χ0v) is 9.84. The maximum absolute atomic E-state index is 12.5. The Morgan fingerprint density at radius 2 is 1.88 bits per heavy atom. The maximum atomic E-state index is 12.5. The van der Waals surface area contributed by atoms with Crippen molar-refractivity contribution in [1.29, 1.82) is 5.26 Å². The summed E-state index contributed by atoms with van der Waals surface area (Å²) in [6, 6.07) is 5.13. The summed E-state index contributed by atoms with van der Waals surface area (Å²) in [5.74, 6) is 0. The van der Waals surface area contributed by atoms with Crippen LogP contribution in [-0.2, 0) is 6.18 Å². The van der Waals surface area contributed by atoms with E-state index in [1.807, 2.05) is 13.8 Å². The lowest BCUT2D eigenvalue weighted by Gasteiger charge is -2.25. The van der Waals surface area contributed by atoms with Crippen molar-refractivity contribution >= 4 is 5.69 Å². The molecule has 0 aliphatic carbocycles. The number of hydrogen-bond donors (Lipinski definition) is 0. The van der Waals surface area contributed by atoms with Crippen LogP contribution in [0.3, 0.4) is 0 Å². The van der Waals surface area contributed by atoms with E-state index in [9.17, 15) is 13.2 Å². The fourth-order valence-electron chi connectivity index (χ4n) is 1.39. The molecule has 0 spiro atoms. The summed E-state index contributed by atoms with van der Waals surface area (Å²) in [4.78, 5) is 1.76. The van der Waals surface area contributed by atoms with Gasteiger partial charge in [-0.05, 0) is 32.0 Å². The number of rotatable bonds is 2. The number of nitriles is 1. The molecule has 5 heteroatoms. The van der Waals surface area contributed by atoms with Gasteiger partial charge in [0.2, 0.25) is 0 Å². The second kappa shape index (κ2) is 4.66. The standard InChI is InChI=1S/C12H13F3N2/c1-8(2)17(3)11-5-4-10(12(13,14)15)6-9(11)7-16/h4-6,8H,1-3H3. The van der Waals surface area contributed by atoms with Gasteiger partial charge >= 0.3 is 6.18 Å². The van der Waals surface area contributed by atoms with Crippen molar-refractivity contribution in [2.24, 2.45) is 0 Å². The Kier molecular flexibility index (Phi) is 3.66. The number of nitrogens with zero attached hydrogens (tertiary/aromatic N) is 2. The van der Waals surface area contributed by atoms with E-state index in [-0.39, 0.29) is 11.6 Å². The van der Waals surface area contributed by atoms with E-state index < -0.39 is 11.7 Å². The third-order valence-electron chi connectivity index (χ3n) is 2.60. The van der Waals surface area contributed by atoms with Crippen LogP contribution in [0.4, 0.5) is 18.9 Å². The van der Waals surface area contributed by atoms with Crippen molar-refractivity contribution in [3.63, 3.8) is 0 Å². The van der Waals surface area contributed by atoms with Crippen molar-refractivity contribution in [3.05, 3.63) is 29.3 Å². The lowest BCUT2D eigenvalue weighted by Crippen LogP contribution is -2.26. The van der Waals surface area contributed by atoms with Crippen LogP contribution in [0.5, 0.6) is 0 Å². The molecule has 1 rings (SSSR count). The Morgan fingerprint density at radius 3 is 2.29 bits per heavy atom. The van der Waals surface area contributed by atoms with Gasteiger partial charge in [0, 0.05) is 13.1 Å². The first-order chi connectivity index (χ1) is 7.77. The lowest BCUT2D eigenvalue weighted by atomic mass is 10.1. The molecule has 0 radical (unpaired) electrons. The molecule has 2 nitrogen and oxygen atoms in total. The first-order valence-corrected chi connectivity index (χ1v) is 5.11. The Hall–Kier alpha value is -1.70. The minimum absolute atomic E-state index is 0.0380. The molecule has 17 heavy (non-hydrogen) atoms. The first kappa shape index (κ1) is 13.4. The molecule has 0 bridgehead atoms. The molecule has 0 atom stereocenters. The van der Waals surface area contributed by atoms with Gasteiger partial charge in [-0.1, -0.05) is 0 Å². The van der Waals surface area contributed by atoms with Crippen molar-refractivity contribution < 1.29 is 13.2 Å². The molecule has 0 aliphatic heterocycles. The molecule has 0 heterocycles. The smallest absolute Gasteiger partial charge is 0.371 e. The van der Waals surface area contributed by atoms with Crippen molar-refractivity contribution in [3.8, 4) is 6.07 Å². The zero-order valence-electron chi connectivity index (χ0n) is 9.84. The number of alkyl halides is 3. The average molecular weight is 242 g/mol. The Balaban J connectivity index is 3.25. The monoisotopic (exact) mass is 242 g/mol. The summed E-state index contributed by atoms with van der Waals surface area (Å²) in [6.45, 7) is 3.80. The number of hydrogen-bond acceptors (Lipinski definition) is 2. The molecule has 0 saturated carbocycles. The van der Waals surface area contributed by atoms with Gasteiger partial charge in [-0.25, -0.2) is 0 Å². The van der Waals surface area contributed by atoms with Crippen LogP contribution in [0, 0.1) is 11.3 Å². The van der Waals surface area contributed by atoms with Crippen LogP contribution < -0.4 is 4.90 Å². The molecule has 0 fully saturated rings. The highest BCUT2D eigenvalue weighted by molar-refractivity contribution is 5.60. The van der Waals surface area contributed by atoms with Gasteiger partial charge in [0.1, 0.15) is 6.07 Å². The molecular formula is C12H13F3N2. The molecule has 0 unspecified atom stereocenters. The maximum Gasteiger partial charge on any atom is 0.416 e. The van der Waals surface area contributed by atoms with Crippen LogP contribution in [0.2, 0.25) is 0 Å². The summed E-state index contributed by atoms with van der Waals surface area (Å²) in [5.41, 5.74) is -0.249. The molecule has 1 aromatic carbocycles. The summed E-state index contributed by atoms with van der Waals surface area (Å²) in [6.07, 6.45) is -4.42. The van der Waals surface area contributed by atoms with Gasteiger partial charge in [0.25, 0.3) is 0 Å². The predicted octanol–water partition coefficient (Wildman–Crippen LogP) is 3.42. The quantitative estimate of drug-likeness (QED) is 0.794. The van der Waals surface area contributed by atoms with E-state index in [2.05, 4.69) is 0 Å². The molecule has 0 aliphatic rings. The van der Waals surface area contributed by atoms with E-state index in [4.69, 9.17) is 5.26 Å². The molecule has 0 amide bonds. The van der Waals surface area contributed by atoms with Gasteiger partial charge in [-0.3, -0.25) is 0 Å². The third kappa shape index (κ3) is 2.90. The summed E-state index contributed by atoms with van der Waals surface area (Å²) >= 11 is 0. The van der Waals surface area contributed by atoms with Gasteiger partial charge in [0.05, 0.1) is 16.8 Å². The van der Waals surface area contributed by atoms with Gasteiger partial charge in [0.15, 0.2) is 0 Å². The van der Waals surface area contributed by atoms with E-state index >= 15 is 0 Å². The van der Waals surface area contributed by atoms with E-state index in [1.165, 1.54) is 6.07 Å². The third-order valence-corrected chi connectivity index (χ3v) is 2.60. The zero-order chi connectivity index (χ0) is 13.2. The second-order valence-corrected chi connectivity index (χ2v) is 4.05. The van der Waals surface area contributed by atoms with Crippen molar-refractivity contribution in [2.45, 2.75) is 26.1 Å². The fourth-order valence-corrected chi connectivity index (χ4v) is 1.39. The highest BCUT2D eigenvalue weighted by Crippen LogP contribution is 2.32. The molecular weight excluding hydrogens is 229 g/mol. The minimum atomic E-state index is -4.42. The van der Waals surface area contributed by atoms with E-state index in [1.54, 1.807) is 18.0 Å². The number of benzene rings is 1. The molecule has 92 valence electrons. The highest BCUT2D eigenvalue weighted by atomic mass is 19.4. The van der Waals surface area contributed by atoms with Crippen LogP contribution >= 0.6 is 0 Å². The lowest BCUT2D eigenvalue weighted by molar-refractivity contribution is -0.137. The average Bonchev–Trinajstić information content (AvgIpc) is 2.25. The van der Waals surface area contributed by atoms with Crippen LogP contribution in [0.1, 0.15) is 25.0 Å². The van der Waals surface area contributed by atoms with Crippen LogP contribution in [-0.4, -0.2) is 13.1 Å². The molecule has 0 saturated heterocycles. The normalized spacial score (nSPS) is 11.4. The summed E-state index contributed by atoms with van der Waals surface area (Å²) < 4.78 is 37.4. The SMILES string of the molecule is CC(C)N(C)c1ccc(C(F)(F)F)cc1C#N.